The topological polar surface area (TPSA) is 72.9 Å². The summed E-state index contributed by atoms with van der Waals surface area (Å²) in [6.45, 7) is 0.950. The predicted molar refractivity (Wildman–Crippen MR) is 74.9 cm³/mol. The zero-order valence-corrected chi connectivity index (χ0v) is 12.5. The second kappa shape index (κ2) is 5.40. The lowest BCUT2D eigenvalue weighted by molar-refractivity contribution is -0.136. The number of benzene rings is 1. The summed E-state index contributed by atoms with van der Waals surface area (Å²) in [6.07, 6.45) is 0.0869. The highest BCUT2D eigenvalue weighted by Gasteiger charge is 2.53. The Morgan fingerprint density at radius 3 is 2.71 bits per heavy atom. The lowest BCUT2D eigenvalue weighted by Crippen LogP contribution is -2.35. The van der Waals surface area contributed by atoms with Gasteiger partial charge in [0.1, 0.15) is 6.10 Å². The molecule has 3 unspecified atom stereocenters. The third-order valence-corrected chi connectivity index (χ3v) is 4.36. The Bertz CT molecular complexity index is 630. The standard InChI is InChI=1S/C14H17NO5S/c1-21(17,18)20-13-12-11(7-8-19-12)15(14(13)16)9-10-5-3-2-4-6-10/h2-6,11-13H,7-9H2,1H3. The van der Waals surface area contributed by atoms with Crippen LogP contribution in [0.4, 0.5) is 0 Å². The molecule has 0 spiro atoms. The SMILES string of the molecule is CS(=O)(=O)OC1C(=O)N(Cc2ccccc2)C2CCOC12. The Labute approximate surface area is 123 Å². The molecule has 2 saturated heterocycles. The zero-order valence-electron chi connectivity index (χ0n) is 11.6. The van der Waals surface area contributed by atoms with Crippen LogP contribution in [0.5, 0.6) is 0 Å². The van der Waals surface area contributed by atoms with Gasteiger partial charge >= 0.3 is 0 Å². The number of fused-ring (bicyclic) bond motifs is 1. The van der Waals surface area contributed by atoms with Gasteiger partial charge in [-0.15, -0.1) is 0 Å². The van der Waals surface area contributed by atoms with Crippen LogP contribution in [0.2, 0.25) is 0 Å². The first-order valence-electron chi connectivity index (χ1n) is 6.80. The van der Waals surface area contributed by atoms with Gasteiger partial charge in [0.2, 0.25) is 0 Å². The second-order valence-electron chi connectivity index (χ2n) is 5.36. The van der Waals surface area contributed by atoms with Crippen LogP contribution in [0.15, 0.2) is 30.3 Å². The molecule has 6 nitrogen and oxygen atoms in total. The van der Waals surface area contributed by atoms with Crippen molar-refractivity contribution in [1.29, 1.82) is 0 Å². The van der Waals surface area contributed by atoms with Gasteiger partial charge < -0.3 is 9.64 Å². The first-order chi connectivity index (χ1) is 9.96. The van der Waals surface area contributed by atoms with Crippen molar-refractivity contribution in [2.24, 2.45) is 0 Å². The van der Waals surface area contributed by atoms with Gasteiger partial charge in [-0.1, -0.05) is 30.3 Å². The fourth-order valence-corrected chi connectivity index (χ4v) is 3.52. The Morgan fingerprint density at radius 1 is 1.33 bits per heavy atom. The number of rotatable bonds is 4. The summed E-state index contributed by atoms with van der Waals surface area (Å²) in [5.74, 6) is -0.320. The number of ether oxygens (including phenoxy) is 1. The molecule has 21 heavy (non-hydrogen) atoms. The largest absolute Gasteiger partial charge is 0.373 e. The number of carbonyl (C=O) groups excluding carboxylic acids is 1. The molecule has 0 N–H and O–H groups in total. The van der Waals surface area contributed by atoms with Crippen molar-refractivity contribution in [3.63, 3.8) is 0 Å². The maximum absolute atomic E-state index is 12.5. The molecule has 2 heterocycles. The van der Waals surface area contributed by atoms with Crippen molar-refractivity contribution in [2.45, 2.75) is 31.2 Å². The summed E-state index contributed by atoms with van der Waals surface area (Å²) in [4.78, 5) is 14.1. The fourth-order valence-electron chi connectivity index (χ4n) is 2.95. The van der Waals surface area contributed by atoms with E-state index in [1.54, 1.807) is 4.90 Å². The first-order valence-corrected chi connectivity index (χ1v) is 8.61. The molecule has 3 atom stereocenters. The number of hydrogen-bond donors (Lipinski definition) is 0. The van der Waals surface area contributed by atoms with E-state index in [4.69, 9.17) is 8.92 Å². The normalized spacial score (nSPS) is 28.9. The maximum atomic E-state index is 12.5. The summed E-state index contributed by atoms with van der Waals surface area (Å²) in [6, 6.07) is 9.47. The van der Waals surface area contributed by atoms with Crippen LogP contribution in [0.3, 0.4) is 0 Å². The molecule has 0 radical (unpaired) electrons. The van der Waals surface area contributed by atoms with E-state index in [-0.39, 0.29) is 11.9 Å². The zero-order chi connectivity index (χ0) is 15.0. The van der Waals surface area contributed by atoms with Crippen molar-refractivity contribution < 1.29 is 22.1 Å². The van der Waals surface area contributed by atoms with Crippen LogP contribution >= 0.6 is 0 Å². The lowest BCUT2D eigenvalue weighted by atomic mass is 10.1. The molecule has 1 aromatic rings. The van der Waals surface area contributed by atoms with Crippen LogP contribution in [0.1, 0.15) is 12.0 Å². The Kier molecular flexibility index (Phi) is 3.73. The lowest BCUT2D eigenvalue weighted by Gasteiger charge is -2.22. The van der Waals surface area contributed by atoms with Crippen LogP contribution in [-0.2, 0) is 30.4 Å². The van der Waals surface area contributed by atoms with Crippen LogP contribution in [-0.4, -0.2) is 50.3 Å². The highest BCUT2D eigenvalue weighted by atomic mass is 32.2. The molecule has 1 aromatic carbocycles. The van der Waals surface area contributed by atoms with Gasteiger partial charge in [-0.3, -0.25) is 8.98 Å². The highest BCUT2D eigenvalue weighted by molar-refractivity contribution is 7.86. The van der Waals surface area contributed by atoms with Gasteiger partial charge in [0.25, 0.3) is 16.0 Å². The van der Waals surface area contributed by atoms with Gasteiger partial charge in [-0.05, 0) is 12.0 Å². The summed E-state index contributed by atoms with van der Waals surface area (Å²) in [7, 11) is -3.70. The van der Waals surface area contributed by atoms with Crippen LogP contribution in [0.25, 0.3) is 0 Å². The van der Waals surface area contributed by atoms with Crippen molar-refractivity contribution in [3.05, 3.63) is 35.9 Å². The molecule has 2 aliphatic heterocycles. The monoisotopic (exact) mass is 311 g/mol. The van der Waals surface area contributed by atoms with Gasteiger partial charge in [0.15, 0.2) is 6.10 Å². The van der Waals surface area contributed by atoms with E-state index < -0.39 is 22.3 Å². The third-order valence-electron chi connectivity index (χ3n) is 3.80. The molecule has 1 amide bonds. The van der Waals surface area contributed by atoms with Crippen LogP contribution < -0.4 is 0 Å². The second-order valence-corrected chi connectivity index (χ2v) is 6.96. The minimum Gasteiger partial charge on any atom is -0.373 e. The van der Waals surface area contributed by atoms with Gasteiger partial charge in [-0.2, -0.15) is 8.42 Å². The summed E-state index contributed by atoms with van der Waals surface area (Å²) < 4.78 is 33.1. The number of carbonyl (C=O) groups is 1. The van der Waals surface area contributed by atoms with E-state index in [1.165, 1.54) is 0 Å². The average Bonchev–Trinajstić information content (AvgIpc) is 2.97. The molecule has 7 heteroatoms. The number of hydrogen-bond acceptors (Lipinski definition) is 5. The van der Waals surface area contributed by atoms with Gasteiger partial charge in [-0.25, -0.2) is 0 Å². The van der Waals surface area contributed by atoms with E-state index in [1.807, 2.05) is 30.3 Å². The molecule has 2 fully saturated rings. The fraction of sp³-hybridized carbons (Fsp3) is 0.500. The number of nitrogens with zero attached hydrogens (tertiary/aromatic N) is 1. The molecule has 0 saturated carbocycles. The average molecular weight is 311 g/mol. The summed E-state index contributed by atoms with van der Waals surface area (Å²) in [5.41, 5.74) is 0.997. The Balaban J connectivity index is 1.83. The predicted octanol–water partition coefficient (Wildman–Crippen LogP) is 0.531. The third kappa shape index (κ3) is 2.95. The Hall–Kier alpha value is -1.44. The molecule has 3 rings (SSSR count). The van der Waals surface area contributed by atoms with E-state index in [2.05, 4.69) is 0 Å². The van der Waals surface area contributed by atoms with E-state index in [0.29, 0.717) is 19.6 Å². The first kappa shape index (κ1) is 14.5. The molecule has 2 aliphatic rings. The van der Waals surface area contributed by atoms with E-state index in [9.17, 15) is 13.2 Å². The van der Waals surface area contributed by atoms with Gasteiger partial charge in [0.05, 0.1) is 12.3 Å². The summed E-state index contributed by atoms with van der Waals surface area (Å²) in [5, 5.41) is 0. The van der Waals surface area contributed by atoms with E-state index >= 15 is 0 Å². The minimum absolute atomic E-state index is 0.121. The van der Waals surface area contributed by atoms with Crippen LogP contribution in [0, 0.1) is 0 Å². The molecular formula is C14H17NO5S. The van der Waals surface area contributed by atoms with Crippen molar-refractivity contribution in [3.8, 4) is 0 Å². The minimum atomic E-state index is -3.70. The Morgan fingerprint density at radius 2 is 2.05 bits per heavy atom. The molecule has 0 aliphatic carbocycles. The summed E-state index contributed by atoms with van der Waals surface area (Å²) >= 11 is 0. The number of amides is 1. The maximum Gasteiger partial charge on any atom is 0.265 e. The van der Waals surface area contributed by atoms with E-state index in [0.717, 1.165) is 11.8 Å². The molecular weight excluding hydrogens is 294 g/mol. The smallest absolute Gasteiger partial charge is 0.265 e. The quantitative estimate of drug-likeness (QED) is 0.759. The van der Waals surface area contributed by atoms with Crippen molar-refractivity contribution in [1.82, 2.24) is 4.90 Å². The molecule has 0 bridgehead atoms. The van der Waals surface area contributed by atoms with Crippen molar-refractivity contribution >= 4 is 16.0 Å². The van der Waals surface area contributed by atoms with Gasteiger partial charge in [0, 0.05) is 13.2 Å². The highest BCUT2D eigenvalue weighted by Crippen LogP contribution is 2.33. The molecule has 0 aromatic heterocycles. The molecule has 114 valence electrons. The van der Waals surface area contributed by atoms with Crippen molar-refractivity contribution in [2.75, 3.05) is 12.9 Å². The number of likely N-dealkylation sites (tertiary alicyclic amines) is 1.